The third-order valence-electron chi connectivity index (χ3n) is 14.1. The first-order valence-electron chi connectivity index (χ1n) is 29.4. The molecule has 2 unspecified atom stereocenters. The summed E-state index contributed by atoms with van der Waals surface area (Å²) in [5.41, 5.74) is 7.43. The molecule has 88 heavy (non-hydrogen) atoms. The summed E-state index contributed by atoms with van der Waals surface area (Å²) in [7, 11) is -4.91. The van der Waals surface area contributed by atoms with Gasteiger partial charge in [0.05, 0.1) is 12.8 Å². The van der Waals surface area contributed by atoms with Crippen LogP contribution >= 0.6 is 0 Å². The monoisotopic (exact) mass is 1250 g/mol. The summed E-state index contributed by atoms with van der Waals surface area (Å²) in [4.78, 5) is 143. The molecule has 8 atom stereocenters. The number of unbranched alkanes of at least 4 members (excludes halogenated alkanes) is 2. The van der Waals surface area contributed by atoms with Crippen molar-refractivity contribution >= 4 is 80.6 Å². The van der Waals surface area contributed by atoms with E-state index in [0.29, 0.717) is 54.1 Å². The van der Waals surface area contributed by atoms with E-state index in [4.69, 9.17) is 10.5 Å². The fourth-order valence-corrected chi connectivity index (χ4v) is 9.98. The maximum absolute atomic E-state index is 14.9. The Bertz CT molecular complexity index is 3160. The normalized spacial score (nSPS) is 18.7. The third-order valence-corrected chi connectivity index (χ3v) is 14.5. The molecule has 1 saturated heterocycles. The van der Waals surface area contributed by atoms with E-state index >= 15 is 0 Å². The number of carbonyl (C=O) groups excluding carboxylic acids is 9. The number of benzene rings is 3. The first-order chi connectivity index (χ1) is 41.7. The van der Waals surface area contributed by atoms with Gasteiger partial charge in [-0.25, -0.2) is 4.79 Å². The summed E-state index contributed by atoms with van der Waals surface area (Å²) in [6, 6.07) is 10.4. The van der Waals surface area contributed by atoms with Gasteiger partial charge in [-0.05, 0) is 94.2 Å². The number of aliphatic carboxylic acids is 1. The predicted molar refractivity (Wildman–Crippen MR) is 323 cm³/mol. The second-order valence-electron chi connectivity index (χ2n) is 22.6. The van der Waals surface area contributed by atoms with Crippen LogP contribution in [0.25, 0.3) is 10.9 Å². The molecule has 1 aromatic heterocycles. The van der Waals surface area contributed by atoms with Gasteiger partial charge in [-0.15, -0.1) is 0 Å². The molecular formula is C60H83N11O16S. The van der Waals surface area contributed by atoms with Crippen molar-refractivity contribution in [3.63, 3.8) is 0 Å². The molecule has 1 aliphatic heterocycles. The lowest BCUT2D eigenvalue weighted by atomic mass is 10.0. The lowest BCUT2D eigenvalue weighted by molar-refractivity contribution is -0.141. The van der Waals surface area contributed by atoms with E-state index < -0.39 is 136 Å². The molecule has 28 heteroatoms. The van der Waals surface area contributed by atoms with Crippen LogP contribution in [0.1, 0.15) is 122 Å². The van der Waals surface area contributed by atoms with Gasteiger partial charge in [0.15, 0.2) is 0 Å². The number of ether oxygens (including phenoxy) is 1. The van der Waals surface area contributed by atoms with E-state index in [1.165, 1.54) is 24.3 Å². The van der Waals surface area contributed by atoms with E-state index in [1.807, 2.05) is 50.2 Å². The summed E-state index contributed by atoms with van der Waals surface area (Å²) in [6.07, 6.45) is 1.21. The van der Waals surface area contributed by atoms with Crippen molar-refractivity contribution in [1.29, 1.82) is 0 Å². The number of hydrogen-bond acceptors (Lipinski definition) is 15. The lowest BCUT2D eigenvalue weighted by Crippen LogP contribution is -2.60. The third kappa shape index (κ3) is 23.9. The fourth-order valence-electron chi connectivity index (χ4n) is 9.63. The van der Waals surface area contributed by atoms with Crippen molar-refractivity contribution in [3.05, 3.63) is 102 Å². The van der Waals surface area contributed by atoms with Gasteiger partial charge in [-0.1, -0.05) is 100 Å². The maximum Gasteiger partial charge on any atom is 0.446 e. The van der Waals surface area contributed by atoms with E-state index in [0.717, 1.165) is 5.56 Å². The molecule has 27 nitrogen and oxygen atoms in total. The van der Waals surface area contributed by atoms with Gasteiger partial charge in [-0.2, -0.15) is 8.42 Å². The Morgan fingerprint density at radius 1 is 0.727 bits per heavy atom. The Balaban J connectivity index is 1.47. The number of hydrogen-bond donors (Lipinski definition) is 13. The van der Waals surface area contributed by atoms with E-state index in [1.54, 1.807) is 45.2 Å². The van der Waals surface area contributed by atoms with Gasteiger partial charge in [0.1, 0.15) is 53.6 Å². The average Bonchev–Trinajstić information content (AvgIpc) is 4.11. The molecule has 14 N–H and O–H groups in total. The SMILES string of the molecule is CCCC[C@H](NC(=O)C(Cc1c[nH]c2ccccc12)NC(=O)[C@H]1CCCCNC(=O)CC(NC(=O)OC(C)(C)C)C(=O)N[C@H](Cc2ccc(OS(=O)(=O)O)cc2)C(=O)N[C@@H](CCCC)C(=O)N1)C(=O)N[C@@H](CC(=O)O)C(=O)N[C@H](CN)Cc1ccccc1. The number of fused-ring (bicyclic) bond motifs is 1. The number of amides is 9. The van der Waals surface area contributed by atoms with Gasteiger partial charge in [0, 0.05) is 49.1 Å². The Kier molecular flexibility index (Phi) is 27.1. The van der Waals surface area contributed by atoms with Gasteiger partial charge in [-0.3, -0.25) is 47.7 Å². The van der Waals surface area contributed by atoms with Crippen LogP contribution in [0.3, 0.4) is 0 Å². The second kappa shape index (κ2) is 34.1. The largest absolute Gasteiger partial charge is 0.481 e. The number of H-pyrrole nitrogens is 1. The Labute approximate surface area is 511 Å². The molecule has 4 aromatic rings. The van der Waals surface area contributed by atoms with E-state index in [9.17, 15) is 66.0 Å². The smallest absolute Gasteiger partial charge is 0.446 e. The minimum atomic E-state index is -4.91. The van der Waals surface area contributed by atoms with E-state index in [-0.39, 0.29) is 63.8 Å². The number of nitrogens with two attached hydrogens (primary N) is 1. The minimum absolute atomic E-state index is 0.00681. The minimum Gasteiger partial charge on any atom is -0.481 e. The zero-order chi connectivity index (χ0) is 64.6. The Hall–Kier alpha value is -8.63. The molecule has 0 saturated carbocycles. The molecule has 9 amide bonds. The molecule has 0 aliphatic carbocycles. The van der Waals surface area contributed by atoms with Crippen LogP contribution in [0.15, 0.2) is 85.1 Å². The molecule has 3 aromatic carbocycles. The molecule has 0 bridgehead atoms. The van der Waals surface area contributed by atoms with Gasteiger partial charge in [0.25, 0.3) is 0 Å². The van der Waals surface area contributed by atoms with Gasteiger partial charge < -0.3 is 72.6 Å². The summed E-state index contributed by atoms with van der Waals surface area (Å²) < 4.78 is 41.9. The predicted octanol–water partition coefficient (Wildman–Crippen LogP) is 2.17. The topological polar surface area (TPSA) is 414 Å². The number of nitrogens with one attached hydrogen (secondary N) is 10. The summed E-state index contributed by atoms with van der Waals surface area (Å²) in [6.45, 7) is 8.43. The first-order valence-corrected chi connectivity index (χ1v) is 30.8. The van der Waals surface area contributed by atoms with Crippen LogP contribution in [0.2, 0.25) is 0 Å². The van der Waals surface area contributed by atoms with Crippen molar-refractivity contribution in [2.45, 2.75) is 178 Å². The standard InChI is InChI=1S/C60H83N11O16S/c1-6-8-20-43-52(75)65-45(23-15-16-28-62-50(72)32-48(71-59(82)86-60(3,4)5)58(81)68-46(56(79)66-43)30-37-24-26-40(27-25-37)87-88(83,84)85)54(77)69-47(31-38-35-63-42-22-14-13-19-41(38)42)57(80)67-44(21-9-7-2)53(76)70-49(33-51(73)74)55(78)64-39(34-61)29-36-17-11-10-12-18-36/h10-14,17-19,22,24-27,35,39,43-49,63H,6-9,15-16,20-21,23,28-34,61H2,1-5H3,(H,62,72)(H,64,78)(H,65,75)(H,66,79)(H,67,80)(H,68,81)(H,69,77)(H,70,76)(H,71,82)(H,73,74)(H,83,84,85)/t39-,43-,44-,45+,46+,47?,48?,49-/m0/s1. The highest BCUT2D eigenvalue weighted by atomic mass is 32.3. The van der Waals surface area contributed by atoms with Crippen molar-refractivity contribution in [2.75, 3.05) is 13.1 Å². The molecule has 1 fully saturated rings. The van der Waals surface area contributed by atoms with E-state index in [2.05, 4.69) is 57.0 Å². The molecular weight excluding hydrogens is 1160 g/mol. The van der Waals surface area contributed by atoms with Crippen molar-refractivity contribution in [3.8, 4) is 5.75 Å². The zero-order valence-electron chi connectivity index (χ0n) is 50.1. The average molecular weight is 1250 g/mol. The van der Waals surface area contributed by atoms with Crippen molar-refractivity contribution < 1.29 is 74.9 Å². The summed E-state index contributed by atoms with van der Waals surface area (Å²) in [5.74, 6) is -8.51. The van der Waals surface area contributed by atoms with Crippen LogP contribution in [0.5, 0.6) is 5.75 Å². The highest BCUT2D eigenvalue weighted by Crippen LogP contribution is 2.21. The van der Waals surface area contributed by atoms with Crippen LogP contribution in [-0.4, -0.2) is 149 Å². The number of carboxylic acid groups (broad SMARTS) is 1. The zero-order valence-corrected chi connectivity index (χ0v) is 50.9. The Morgan fingerprint density at radius 3 is 2.02 bits per heavy atom. The van der Waals surface area contributed by atoms with Crippen LogP contribution in [0.4, 0.5) is 4.79 Å². The molecule has 0 radical (unpaired) electrons. The number of alkyl carbamates (subject to hydrolysis) is 1. The first kappa shape index (κ1) is 70.1. The van der Waals surface area contributed by atoms with Gasteiger partial charge >= 0.3 is 22.5 Å². The molecule has 480 valence electrons. The van der Waals surface area contributed by atoms with Crippen LogP contribution in [-0.2, 0) is 77.5 Å². The number of aromatic nitrogens is 1. The van der Waals surface area contributed by atoms with Crippen LogP contribution in [0, 0.1) is 0 Å². The highest BCUT2D eigenvalue weighted by Gasteiger charge is 2.36. The molecule has 1 aliphatic rings. The summed E-state index contributed by atoms with van der Waals surface area (Å²) >= 11 is 0. The number of rotatable bonds is 26. The number of aromatic amines is 1. The van der Waals surface area contributed by atoms with Crippen LogP contribution < -0.4 is 57.8 Å². The number of carboxylic acids is 1. The summed E-state index contributed by atoms with van der Waals surface area (Å²) in [5, 5.41) is 34.5. The lowest BCUT2D eigenvalue weighted by Gasteiger charge is -2.28. The van der Waals surface area contributed by atoms with Crippen molar-refractivity contribution in [2.24, 2.45) is 5.73 Å². The highest BCUT2D eigenvalue weighted by molar-refractivity contribution is 7.81. The molecule has 0 spiro atoms. The molecule has 2 heterocycles. The second-order valence-corrected chi connectivity index (χ2v) is 23.6. The van der Waals surface area contributed by atoms with Gasteiger partial charge in [0.2, 0.25) is 47.3 Å². The number of para-hydroxylation sites is 1. The number of carbonyl (C=O) groups is 10. The molecule has 5 rings (SSSR count). The van der Waals surface area contributed by atoms with Crippen molar-refractivity contribution in [1.82, 2.24) is 52.8 Å². The maximum atomic E-state index is 14.9. The quantitative estimate of drug-likeness (QED) is 0.0401. The fraction of sp³-hybridized carbons (Fsp3) is 0.500. The Morgan fingerprint density at radius 2 is 1.36 bits per heavy atom.